The SMILES string of the molecule is C=CCc1cc(/C=N\NC(=O)c2ccc(N3CCCC3)cc2)cc(OCC)c1OCc1ccc(Cl)cc1. The minimum atomic E-state index is -0.261. The van der Waals surface area contributed by atoms with Crippen LogP contribution < -0.4 is 19.8 Å². The van der Waals surface area contributed by atoms with E-state index < -0.39 is 0 Å². The van der Waals surface area contributed by atoms with E-state index in [4.69, 9.17) is 21.1 Å². The highest BCUT2D eigenvalue weighted by molar-refractivity contribution is 6.30. The number of nitrogens with zero attached hydrogens (tertiary/aromatic N) is 2. The van der Waals surface area contributed by atoms with Gasteiger partial charge in [-0.05, 0) is 85.8 Å². The second kappa shape index (κ2) is 13.0. The fraction of sp³-hybridized carbons (Fsp3) is 0.267. The smallest absolute Gasteiger partial charge is 0.271 e. The molecule has 0 bridgehead atoms. The van der Waals surface area contributed by atoms with Gasteiger partial charge in [0.15, 0.2) is 11.5 Å². The maximum Gasteiger partial charge on any atom is 0.271 e. The van der Waals surface area contributed by atoms with Gasteiger partial charge in [0.1, 0.15) is 6.61 Å². The van der Waals surface area contributed by atoms with E-state index in [9.17, 15) is 4.79 Å². The first-order chi connectivity index (χ1) is 18.1. The lowest BCUT2D eigenvalue weighted by atomic mass is 10.1. The van der Waals surface area contributed by atoms with Crippen LogP contribution in [-0.4, -0.2) is 31.8 Å². The van der Waals surface area contributed by atoms with Crippen LogP contribution in [-0.2, 0) is 13.0 Å². The molecule has 1 heterocycles. The third-order valence-electron chi connectivity index (χ3n) is 6.10. The van der Waals surface area contributed by atoms with Crippen LogP contribution in [0.25, 0.3) is 0 Å². The standard InChI is InChI=1S/C30H32ClN3O3/c1-3-7-25-18-23(19-28(36-4-2)29(25)37-21-22-8-12-26(31)13-9-22)20-32-33-30(35)24-10-14-27(15-11-24)34-16-5-6-17-34/h3,8-15,18-20H,1,4-7,16-17,21H2,2H3,(H,33,35)/b32-20-. The average molecular weight is 518 g/mol. The molecule has 192 valence electrons. The second-order valence-electron chi connectivity index (χ2n) is 8.79. The van der Waals surface area contributed by atoms with E-state index in [1.165, 1.54) is 12.8 Å². The number of benzene rings is 3. The molecule has 1 saturated heterocycles. The summed E-state index contributed by atoms with van der Waals surface area (Å²) in [5.41, 5.74) is 7.03. The molecule has 0 saturated carbocycles. The number of hydrogen-bond acceptors (Lipinski definition) is 5. The number of halogens is 1. The molecule has 3 aromatic rings. The number of hydrazone groups is 1. The number of anilines is 1. The lowest BCUT2D eigenvalue weighted by molar-refractivity contribution is 0.0955. The first-order valence-corrected chi connectivity index (χ1v) is 12.9. The monoisotopic (exact) mass is 517 g/mol. The summed E-state index contributed by atoms with van der Waals surface area (Å²) >= 11 is 5.99. The maximum atomic E-state index is 12.6. The van der Waals surface area contributed by atoms with Gasteiger partial charge in [0.25, 0.3) is 5.91 Å². The molecule has 0 aromatic heterocycles. The Kier molecular flexibility index (Phi) is 9.22. The lowest BCUT2D eigenvalue weighted by Crippen LogP contribution is -2.19. The van der Waals surface area contributed by atoms with E-state index in [-0.39, 0.29) is 5.91 Å². The van der Waals surface area contributed by atoms with Crippen molar-refractivity contribution < 1.29 is 14.3 Å². The quantitative estimate of drug-likeness (QED) is 0.181. The van der Waals surface area contributed by atoms with Crippen molar-refractivity contribution in [3.8, 4) is 11.5 Å². The molecule has 3 aromatic carbocycles. The minimum Gasteiger partial charge on any atom is -0.490 e. The number of amides is 1. The van der Waals surface area contributed by atoms with Gasteiger partial charge in [0.05, 0.1) is 12.8 Å². The number of allylic oxidation sites excluding steroid dienone is 1. The lowest BCUT2D eigenvalue weighted by Gasteiger charge is -2.17. The summed E-state index contributed by atoms with van der Waals surface area (Å²) in [4.78, 5) is 14.9. The summed E-state index contributed by atoms with van der Waals surface area (Å²) in [6, 6.07) is 19.0. The molecule has 1 aliphatic heterocycles. The van der Waals surface area contributed by atoms with Gasteiger partial charge in [-0.25, -0.2) is 5.43 Å². The van der Waals surface area contributed by atoms with E-state index in [2.05, 4.69) is 22.0 Å². The Labute approximate surface area is 223 Å². The van der Waals surface area contributed by atoms with E-state index in [0.717, 1.165) is 35.5 Å². The summed E-state index contributed by atoms with van der Waals surface area (Å²) in [7, 11) is 0. The van der Waals surface area contributed by atoms with Crippen molar-refractivity contribution in [1.82, 2.24) is 5.43 Å². The van der Waals surface area contributed by atoms with Crippen molar-refractivity contribution in [3.05, 3.63) is 101 Å². The molecule has 4 rings (SSSR count). The Morgan fingerprint density at radius 3 is 2.49 bits per heavy atom. The fourth-order valence-corrected chi connectivity index (χ4v) is 4.38. The zero-order chi connectivity index (χ0) is 26.0. The van der Waals surface area contributed by atoms with Crippen LogP contribution >= 0.6 is 11.6 Å². The van der Waals surface area contributed by atoms with Crippen molar-refractivity contribution in [2.45, 2.75) is 32.8 Å². The summed E-state index contributed by atoms with van der Waals surface area (Å²) in [6.45, 7) is 8.79. The number of carbonyl (C=O) groups excluding carboxylic acids is 1. The van der Waals surface area contributed by atoms with Crippen molar-refractivity contribution in [2.75, 3.05) is 24.6 Å². The van der Waals surface area contributed by atoms with Crippen molar-refractivity contribution in [2.24, 2.45) is 5.10 Å². The molecule has 1 aliphatic rings. The first-order valence-electron chi connectivity index (χ1n) is 12.5. The minimum absolute atomic E-state index is 0.261. The zero-order valence-electron chi connectivity index (χ0n) is 21.1. The highest BCUT2D eigenvalue weighted by Crippen LogP contribution is 2.34. The van der Waals surface area contributed by atoms with Crippen molar-refractivity contribution >= 4 is 29.4 Å². The van der Waals surface area contributed by atoms with Gasteiger partial charge in [-0.15, -0.1) is 6.58 Å². The summed E-state index contributed by atoms with van der Waals surface area (Å²) in [5.74, 6) is 1.01. The summed E-state index contributed by atoms with van der Waals surface area (Å²) in [6.07, 6.45) is 6.44. The molecule has 6 nitrogen and oxygen atoms in total. The van der Waals surface area contributed by atoms with Crippen molar-refractivity contribution in [1.29, 1.82) is 0 Å². The van der Waals surface area contributed by atoms with Crippen LogP contribution in [0.3, 0.4) is 0 Å². The third kappa shape index (κ3) is 7.14. The predicted molar refractivity (Wildman–Crippen MR) is 150 cm³/mol. The van der Waals surface area contributed by atoms with Crippen LogP contribution in [0.5, 0.6) is 11.5 Å². The Morgan fingerprint density at radius 2 is 1.81 bits per heavy atom. The molecular formula is C30H32ClN3O3. The van der Waals surface area contributed by atoms with Gasteiger partial charge in [-0.2, -0.15) is 5.10 Å². The number of carbonyl (C=O) groups is 1. The van der Waals surface area contributed by atoms with Gasteiger partial charge in [0.2, 0.25) is 0 Å². The molecule has 7 heteroatoms. The van der Waals surface area contributed by atoms with E-state index in [0.29, 0.717) is 41.7 Å². The predicted octanol–water partition coefficient (Wildman–Crippen LogP) is 6.41. The molecule has 0 unspecified atom stereocenters. The maximum absolute atomic E-state index is 12.6. The number of ether oxygens (including phenoxy) is 2. The molecule has 1 fully saturated rings. The molecule has 1 amide bonds. The molecule has 0 radical (unpaired) electrons. The number of hydrogen-bond donors (Lipinski definition) is 1. The molecule has 1 N–H and O–H groups in total. The van der Waals surface area contributed by atoms with Crippen LogP contribution in [0.15, 0.2) is 78.4 Å². The van der Waals surface area contributed by atoms with Gasteiger partial charge >= 0.3 is 0 Å². The average Bonchev–Trinajstić information content (AvgIpc) is 3.45. The molecule has 0 aliphatic carbocycles. The Hall–Kier alpha value is -3.77. The summed E-state index contributed by atoms with van der Waals surface area (Å²) < 4.78 is 12.1. The largest absolute Gasteiger partial charge is 0.490 e. The molecule has 0 spiro atoms. The van der Waals surface area contributed by atoms with E-state index in [1.54, 1.807) is 6.21 Å². The summed E-state index contributed by atoms with van der Waals surface area (Å²) in [5, 5.41) is 4.86. The second-order valence-corrected chi connectivity index (χ2v) is 9.22. The van der Waals surface area contributed by atoms with Crippen LogP contribution in [0.1, 0.15) is 46.8 Å². The zero-order valence-corrected chi connectivity index (χ0v) is 21.8. The molecular weight excluding hydrogens is 486 g/mol. The van der Waals surface area contributed by atoms with Crippen LogP contribution in [0, 0.1) is 0 Å². The molecule has 37 heavy (non-hydrogen) atoms. The Morgan fingerprint density at radius 1 is 1.08 bits per heavy atom. The number of nitrogens with one attached hydrogen (secondary N) is 1. The topological polar surface area (TPSA) is 63.2 Å². The molecule has 0 atom stereocenters. The first kappa shape index (κ1) is 26.3. The van der Waals surface area contributed by atoms with Gasteiger partial charge in [-0.3, -0.25) is 4.79 Å². The highest BCUT2D eigenvalue weighted by atomic mass is 35.5. The highest BCUT2D eigenvalue weighted by Gasteiger charge is 2.15. The third-order valence-corrected chi connectivity index (χ3v) is 6.35. The van der Waals surface area contributed by atoms with Gasteiger partial charge in [-0.1, -0.05) is 29.8 Å². The number of rotatable bonds is 11. The van der Waals surface area contributed by atoms with Gasteiger partial charge < -0.3 is 14.4 Å². The van der Waals surface area contributed by atoms with Crippen molar-refractivity contribution in [3.63, 3.8) is 0 Å². The van der Waals surface area contributed by atoms with E-state index >= 15 is 0 Å². The van der Waals surface area contributed by atoms with E-state index in [1.807, 2.05) is 73.7 Å². The normalized spacial score (nSPS) is 13.1. The van der Waals surface area contributed by atoms with Crippen LogP contribution in [0.2, 0.25) is 5.02 Å². The fourth-order valence-electron chi connectivity index (χ4n) is 4.26. The van der Waals surface area contributed by atoms with Gasteiger partial charge in [0, 0.05) is 34.9 Å². The Bertz CT molecular complexity index is 1230. The Balaban J connectivity index is 1.46. The van der Waals surface area contributed by atoms with Crippen LogP contribution in [0.4, 0.5) is 5.69 Å².